The van der Waals surface area contributed by atoms with Crippen molar-refractivity contribution in [3.8, 4) is 0 Å². The molecule has 0 amide bonds. The minimum atomic E-state index is 0.689. The lowest BCUT2D eigenvalue weighted by Crippen LogP contribution is -2.18. The van der Waals surface area contributed by atoms with Crippen LogP contribution in [0.2, 0.25) is 0 Å². The maximum absolute atomic E-state index is 5.09. The van der Waals surface area contributed by atoms with Gasteiger partial charge in [0.25, 0.3) is 0 Å². The molecule has 5 rings (SSSR count). The molecule has 0 unspecified atom stereocenters. The molecule has 0 radical (unpaired) electrons. The van der Waals surface area contributed by atoms with E-state index < -0.39 is 0 Å². The fraction of sp³-hybridized carbons (Fsp3) is 0.138. The van der Waals surface area contributed by atoms with E-state index in [2.05, 4.69) is 0 Å². The van der Waals surface area contributed by atoms with Gasteiger partial charge in [0.1, 0.15) is 34.9 Å². The van der Waals surface area contributed by atoms with Crippen molar-refractivity contribution in [3.05, 3.63) is 114 Å². The fourth-order valence-corrected chi connectivity index (χ4v) is 3.98. The first-order valence-corrected chi connectivity index (χ1v) is 11.8. The number of pyridine rings is 5. The van der Waals surface area contributed by atoms with Crippen molar-refractivity contribution in [3.63, 3.8) is 0 Å². The molecule has 0 aliphatic carbocycles. The van der Waals surface area contributed by atoms with Crippen LogP contribution in [-0.2, 0) is 0 Å². The molecule has 178 valence electrons. The van der Waals surface area contributed by atoms with Crippen LogP contribution in [0, 0.1) is 27.7 Å². The van der Waals surface area contributed by atoms with Crippen LogP contribution in [0.25, 0.3) is 0 Å². The largest absolute Gasteiger partial charge is 0.262 e. The lowest BCUT2D eigenvalue weighted by Gasteiger charge is -2.26. The van der Waals surface area contributed by atoms with E-state index in [0.717, 1.165) is 46.0 Å². The predicted octanol–water partition coefficient (Wildman–Crippen LogP) is 6.83. The molecule has 0 bridgehead atoms. The summed E-state index contributed by atoms with van der Waals surface area (Å²) >= 11 is 0. The summed E-state index contributed by atoms with van der Waals surface area (Å²) < 4.78 is 0. The van der Waals surface area contributed by atoms with Crippen LogP contribution < -0.4 is 9.80 Å². The third-order valence-corrected chi connectivity index (χ3v) is 5.59. The Balaban J connectivity index is 1.69. The third-order valence-electron chi connectivity index (χ3n) is 5.59. The predicted molar refractivity (Wildman–Crippen MR) is 144 cm³/mol. The van der Waals surface area contributed by atoms with E-state index in [-0.39, 0.29) is 0 Å². The molecule has 7 nitrogen and oxygen atoms in total. The molecule has 0 atom stereocenters. The first kappa shape index (κ1) is 23.1. The molecule has 7 heteroatoms. The van der Waals surface area contributed by atoms with Crippen molar-refractivity contribution in [2.24, 2.45) is 0 Å². The maximum atomic E-state index is 5.09. The summed E-state index contributed by atoms with van der Waals surface area (Å²) in [6.07, 6.45) is 0. The highest BCUT2D eigenvalue weighted by Crippen LogP contribution is 2.35. The summed E-state index contributed by atoms with van der Waals surface area (Å²) in [6, 6.07) is 29.6. The van der Waals surface area contributed by atoms with Crippen molar-refractivity contribution in [1.29, 1.82) is 0 Å². The van der Waals surface area contributed by atoms with E-state index in [1.54, 1.807) is 0 Å². The number of hydrogen-bond acceptors (Lipinski definition) is 7. The molecule has 0 fully saturated rings. The molecule has 0 aliphatic heterocycles. The Hall–Kier alpha value is -4.65. The van der Waals surface area contributed by atoms with Gasteiger partial charge in [0.05, 0.1) is 0 Å². The SMILES string of the molecule is Cc1cccc(N(c2cccc(C)n2)c2cccc(N(c3cccc(C)n3)c3cccc(C)n3)n2)n1. The van der Waals surface area contributed by atoms with E-state index in [9.17, 15) is 0 Å². The fourth-order valence-electron chi connectivity index (χ4n) is 3.98. The Morgan fingerprint density at radius 1 is 0.333 bits per heavy atom. The highest BCUT2D eigenvalue weighted by atomic mass is 15.3. The minimum Gasteiger partial charge on any atom is -0.262 e. The van der Waals surface area contributed by atoms with Gasteiger partial charge in [-0.25, -0.2) is 24.9 Å². The Morgan fingerprint density at radius 2 is 0.556 bits per heavy atom. The second-order valence-electron chi connectivity index (χ2n) is 8.57. The summed E-state index contributed by atoms with van der Waals surface area (Å²) in [5.41, 5.74) is 3.65. The quantitative estimate of drug-likeness (QED) is 0.267. The second kappa shape index (κ2) is 9.92. The molecule has 0 saturated heterocycles. The highest BCUT2D eigenvalue weighted by molar-refractivity contribution is 5.74. The molecule has 0 N–H and O–H groups in total. The topological polar surface area (TPSA) is 70.9 Å². The monoisotopic (exact) mass is 473 g/mol. The van der Waals surface area contributed by atoms with Gasteiger partial charge in [-0.15, -0.1) is 0 Å². The van der Waals surface area contributed by atoms with Crippen LogP contribution in [0.4, 0.5) is 34.9 Å². The normalized spacial score (nSPS) is 10.8. The first-order chi connectivity index (χ1) is 17.5. The summed E-state index contributed by atoms with van der Waals surface area (Å²) in [5, 5.41) is 0. The first-order valence-electron chi connectivity index (χ1n) is 11.8. The van der Waals surface area contributed by atoms with Gasteiger partial charge in [-0.3, -0.25) is 9.80 Å². The molecule has 36 heavy (non-hydrogen) atoms. The summed E-state index contributed by atoms with van der Waals surface area (Å²) in [5.74, 6) is 4.35. The standard InChI is InChI=1S/C29H27N7/c1-20-10-5-14-24(30-20)35(25-15-6-11-21(2)31-25)28-18-9-19-29(34-28)36(26-16-7-12-22(3)32-26)27-17-8-13-23(4)33-27/h5-19H,1-4H3. The maximum Gasteiger partial charge on any atom is 0.142 e. The van der Waals surface area contributed by atoms with Crippen molar-refractivity contribution in [1.82, 2.24) is 24.9 Å². The van der Waals surface area contributed by atoms with Gasteiger partial charge in [-0.1, -0.05) is 30.3 Å². The molecule has 0 aliphatic rings. The number of aryl methyl sites for hydroxylation is 4. The van der Waals surface area contributed by atoms with E-state index in [0.29, 0.717) is 11.6 Å². The molecular formula is C29H27N7. The zero-order chi connectivity index (χ0) is 25.1. The van der Waals surface area contributed by atoms with Gasteiger partial charge < -0.3 is 0 Å². The van der Waals surface area contributed by atoms with Crippen LogP contribution in [0.5, 0.6) is 0 Å². The van der Waals surface area contributed by atoms with E-state index >= 15 is 0 Å². The van der Waals surface area contributed by atoms with Crippen molar-refractivity contribution in [2.75, 3.05) is 9.80 Å². The van der Waals surface area contributed by atoms with Gasteiger partial charge in [0.2, 0.25) is 0 Å². The highest BCUT2D eigenvalue weighted by Gasteiger charge is 2.21. The lowest BCUT2D eigenvalue weighted by atomic mass is 10.3. The van der Waals surface area contributed by atoms with Crippen LogP contribution in [0.15, 0.2) is 91.0 Å². The third kappa shape index (κ3) is 4.90. The van der Waals surface area contributed by atoms with E-state index in [1.165, 1.54) is 0 Å². The number of anilines is 6. The van der Waals surface area contributed by atoms with E-state index in [4.69, 9.17) is 24.9 Å². The zero-order valence-corrected chi connectivity index (χ0v) is 20.8. The summed E-state index contributed by atoms with van der Waals surface area (Å²) in [6.45, 7) is 7.90. The molecular weight excluding hydrogens is 446 g/mol. The molecule has 5 aromatic heterocycles. The van der Waals surface area contributed by atoms with Crippen LogP contribution in [-0.4, -0.2) is 24.9 Å². The number of rotatable bonds is 6. The number of hydrogen-bond donors (Lipinski definition) is 0. The summed E-state index contributed by atoms with van der Waals surface area (Å²) in [7, 11) is 0. The molecule has 5 heterocycles. The zero-order valence-electron chi connectivity index (χ0n) is 20.8. The van der Waals surface area contributed by atoms with Crippen molar-refractivity contribution in [2.45, 2.75) is 27.7 Å². The van der Waals surface area contributed by atoms with Gasteiger partial charge in [0, 0.05) is 22.8 Å². The Kier molecular flexibility index (Phi) is 6.36. The van der Waals surface area contributed by atoms with Gasteiger partial charge in [-0.05, 0) is 88.4 Å². The van der Waals surface area contributed by atoms with E-state index in [1.807, 2.05) is 128 Å². The molecule has 0 aromatic carbocycles. The van der Waals surface area contributed by atoms with Gasteiger partial charge in [0.15, 0.2) is 0 Å². The van der Waals surface area contributed by atoms with Gasteiger partial charge in [-0.2, -0.15) is 0 Å². The summed E-state index contributed by atoms with van der Waals surface area (Å²) in [4.78, 5) is 28.1. The number of nitrogens with zero attached hydrogens (tertiary/aromatic N) is 7. The van der Waals surface area contributed by atoms with Gasteiger partial charge >= 0.3 is 0 Å². The minimum absolute atomic E-state index is 0.689. The average Bonchev–Trinajstić information content (AvgIpc) is 2.85. The van der Waals surface area contributed by atoms with Crippen LogP contribution >= 0.6 is 0 Å². The smallest absolute Gasteiger partial charge is 0.142 e. The van der Waals surface area contributed by atoms with Crippen LogP contribution in [0.3, 0.4) is 0 Å². The second-order valence-corrected chi connectivity index (χ2v) is 8.57. The molecule has 0 saturated carbocycles. The molecule has 0 spiro atoms. The lowest BCUT2D eigenvalue weighted by molar-refractivity contribution is 1.02. The van der Waals surface area contributed by atoms with Crippen LogP contribution in [0.1, 0.15) is 22.8 Å². The Morgan fingerprint density at radius 3 is 0.806 bits per heavy atom. The Labute approximate surface area is 211 Å². The van der Waals surface area contributed by atoms with Crippen molar-refractivity contribution < 1.29 is 0 Å². The average molecular weight is 474 g/mol. The number of aromatic nitrogens is 5. The Bertz CT molecular complexity index is 1310. The molecule has 5 aromatic rings. The van der Waals surface area contributed by atoms with Crippen molar-refractivity contribution >= 4 is 34.9 Å².